The first-order valence-electron chi connectivity index (χ1n) is 6.90. The van der Waals surface area contributed by atoms with E-state index in [2.05, 4.69) is 0 Å². The molecular formula is C15H18ClNO3S. The van der Waals surface area contributed by atoms with Crippen molar-refractivity contribution < 1.29 is 14.7 Å². The summed E-state index contributed by atoms with van der Waals surface area (Å²) in [6, 6.07) is 6.62. The number of hydrogen-bond acceptors (Lipinski definition) is 3. The monoisotopic (exact) mass is 327 g/mol. The standard InChI is InChI=1S/C15H18ClNO3S/c1-10-5-4-8-17(14(10)15(19)20)13(18)9-21-12-7-3-2-6-11(12)16/h2-3,6-7,10,14H,4-5,8-9H2,1H3,(H,19,20). The van der Waals surface area contributed by atoms with Crippen LogP contribution in [0.25, 0.3) is 0 Å². The molecule has 1 heterocycles. The summed E-state index contributed by atoms with van der Waals surface area (Å²) in [5, 5.41) is 9.94. The third kappa shape index (κ3) is 3.92. The van der Waals surface area contributed by atoms with Crippen LogP contribution in [0, 0.1) is 5.92 Å². The highest BCUT2D eigenvalue weighted by Crippen LogP contribution is 2.29. The highest BCUT2D eigenvalue weighted by atomic mass is 35.5. The van der Waals surface area contributed by atoms with E-state index in [-0.39, 0.29) is 17.6 Å². The number of aliphatic carboxylic acids is 1. The van der Waals surface area contributed by atoms with E-state index in [1.54, 1.807) is 6.07 Å². The number of halogens is 1. The van der Waals surface area contributed by atoms with Crippen molar-refractivity contribution in [3.8, 4) is 0 Å². The van der Waals surface area contributed by atoms with Gasteiger partial charge in [-0.2, -0.15) is 0 Å². The molecule has 1 aliphatic heterocycles. The van der Waals surface area contributed by atoms with Crippen molar-refractivity contribution in [2.45, 2.75) is 30.7 Å². The van der Waals surface area contributed by atoms with Gasteiger partial charge in [0.2, 0.25) is 5.91 Å². The van der Waals surface area contributed by atoms with Crippen molar-refractivity contribution in [1.29, 1.82) is 0 Å². The number of carboxylic acids is 1. The molecule has 114 valence electrons. The van der Waals surface area contributed by atoms with Crippen molar-refractivity contribution in [3.63, 3.8) is 0 Å². The van der Waals surface area contributed by atoms with Gasteiger partial charge in [-0.05, 0) is 30.9 Å². The summed E-state index contributed by atoms with van der Waals surface area (Å²) in [6.07, 6.45) is 1.70. The zero-order valence-corrected chi connectivity index (χ0v) is 13.4. The van der Waals surface area contributed by atoms with Gasteiger partial charge in [0.05, 0.1) is 10.8 Å². The Balaban J connectivity index is 2.02. The van der Waals surface area contributed by atoms with E-state index in [0.29, 0.717) is 11.6 Å². The van der Waals surface area contributed by atoms with Crippen LogP contribution in [0.2, 0.25) is 5.02 Å². The Kier molecular flexibility index (Phi) is 5.53. The van der Waals surface area contributed by atoms with E-state index in [1.807, 2.05) is 25.1 Å². The quantitative estimate of drug-likeness (QED) is 0.863. The first-order valence-corrected chi connectivity index (χ1v) is 8.26. The molecule has 1 amide bonds. The molecule has 1 aliphatic rings. The lowest BCUT2D eigenvalue weighted by molar-refractivity contribution is -0.153. The number of likely N-dealkylation sites (tertiary alicyclic amines) is 1. The first kappa shape index (κ1) is 16.2. The maximum Gasteiger partial charge on any atom is 0.326 e. The molecule has 1 aromatic carbocycles. The normalized spacial score (nSPS) is 22.1. The number of amides is 1. The molecule has 0 bridgehead atoms. The average molecular weight is 328 g/mol. The number of benzene rings is 1. The lowest BCUT2D eigenvalue weighted by Gasteiger charge is -2.37. The largest absolute Gasteiger partial charge is 0.480 e. The summed E-state index contributed by atoms with van der Waals surface area (Å²) in [5.41, 5.74) is 0. The Bertz CT molecular complexity index is 537. The lowest BCUT2D eigenvalue weighted by atomic mass is 9.91. The predicted octanol–water partition coefficient (Wildman–Crippen LogP) is 3.14. The molecule has 1 fully saturated rings. The Hall–Kier alpha value is -1.20. The van der Waals surface area contributed by atoms with Crippen LogP contribution < -0.4 is 0 Å². The second-order valence-corrected chi connectivity index (χ2v) is 6.63. The van der Waals surface area contributed by atoms with Gasteiger partial charge < -0.3 is 10.0 Å². The van der Waals surface area contributed by atoms with Gasteiger partial charge >= 0.3 is 5.97 Å². The van der Waals surface area contributed by atoms with Crippen molar-refractivity contribution >= 4 is 35.2 Å². The summed E-state index contributed by atoms with van der Waals surface area (Å²) in [7, 11) is 0. The number of thioether (sulfide) groups is 1. The molecular weight excluding hydrogens is 310 g/mol. The number of rotatable bonds is 4. The lowest BCUT2D eigenvalue weighted by Crippen LogP contribution is -2.52. The van der Waals surface area contributed by atoms with Gasteiger partial charge in [0.25, 0.3) is 0 Å². The number of carboxylic acid groups (broad SMARTS) is 1. The third-order valence-electron chi connectivity index (χ3n) is 3.69. The van der Waals surface area contributed by atoms with Gasteiger partial charge in [-0.15, -0.1) is 11.8 Å². The van der Waals surface area contributed by atoms with E-state index in [1.165, 1.54) is 16.7 Å². The van der Waals surface area contributed by atoms with Crippen LogP contribution in [-0.4, -0.2) is 40.2 Å². The van der Waals surface area contributed by atoms with E-state index >= 15 is 0 Å². The molecule has 1 saturated heterocycles. The molecule has 1 aromatic rings. The topological polar surface area (TPSA) is 57.6 Å². The number of nitrogens with zero attached hydrogens (tertiary/aromatic N) is 1. The van der Waals surface area contributed by atoms with Crippen molar-refractivity contribution in [3.05, 3.63) is 29.3 Å². The van der Waals surface area contributed by atoms with Crippen LogP contribution in [0.15, 0.2) is 29.2 Å². The van der Waals surface area contributed by atoms with Gasteiger partial charge in [-0.1, -0.05) is 30.7 Å². The molecule has 1 N–H and O–H groups in total. The van der Waals surface area contributed by atoms with Gasteiger partial charge in [0.15, 0.2) is 0 Å². The molecule has 0 aromatic heterocycles. The third-order valence-corrected chi connectivity index (χ3v) is 5.19. The van der Waals surface area contributed by atoms with E-state index in [4.69, 9.17) is 11.6 Å². The SMILES string of the molecule is CC1CCCN(C(=O)CSc2ccccc2Cl)C1C(=O)O. The fourth-order valence-electron chi connectivity index (χ4n) is 2.63. The van der Waals surface area contributed by atoms with Gasteiger partial charge in [-0.3, -0.25) is 4.79 Å². The predicted molar refractivity (Wildman–Crippen MR) is 83.7 cm³/mol. The van der Waals surface area contributed by atoms with Crippen LogP contribution in [0.5, 0.6) is 0 Å². The van der Waals surface area contributed by atoms with E-state index in [0.717, 1.165) is 17.7 Å². The number of hydrogen-bond donors (Lipinski definition) is 1. The molecule has 0 radical (unpaired) electrons. The summed E-state index contributed by atoms with van der Waals surface area (Å²) >= 11 is 7.40. The molecule has 0 spiro atoms. The van der Waals surface area contributed by atoms with Crippen LogP contribution in [0.4, 0.5) is 0 Å². The Morgan fingerprint density at radius 1 is 1.43 bits per heavy atom. The summed E-state index contributed by atoms with van der Waals surface area (Å²) in [6.45, 7) is 2.41. The number of carbonyl (C=O) groups excluding carboxylic acids is 1. The molecule has 2 rings (SSSR count). The molecule has 4 nitrogen and oxygen atoms in total. The minimum Gasteiger partial charge on any atom is -0.480 e. The van der Waals surface area contributed by atoms with Crippen molar-refractivity contribution in [1.82, 2.24) is 4.90 Å². The van der Waals surface area contributed by atoms with Crippen molar-refractivity contribution in [2.24, 2.45) is 5.92 Å². The Labute approximate surface area is 133 Å². The fourth-order valence-corrected chi connectivity index (χ4v) is 3.75. The van der Waals surface area contributed by atoms with E-state index in [9.17, 15) is 14.7 Å². The molecule has 2 unspecified atom stereocenters. The van der Waals surface area contributed by atoms with E-state index < -0.39 is 12.0 Å². The second kappa shape index (κ2) is 7.18. The van der Waals surface area contributed by atoms with Crippen LogP contribution in [0.3, 0.4) is 0 Å². The van der Waals surface area contributed by atoms with Crippen LogP contribution in [-0.2, 0) is 9.59 Å². The molecule has 21 heavy (non-hydrogen) atoms. The Morgan fingerprint density at radius 3 is 2.81 bits per heavy atom. The molecule has 2 atom stereocenters. The van der Waals surface area contributed by atoms with Crippen molar-refractivity contribution in [2.75, 3.05) is 12.3 Å². The second-order valence-electron chi connectivity index (χ2n) is 5.21. The highest BCUT2D eigenvalue weighted by Gasteiger charge is 2.36. The fraction of sp³-hybridized carbons (Fsp3) is 0.467. The van der Waals surface area contributed by atoms with Gasteiger partial charge in [0.1, 0.15) is 6.04 Å². The number of carbonyl (C=O) groups is 2. The smallest absolute Gasteiger partial charge is 0.326 e. The average Bonchev–Trinajstić information content (AvgIpc) is 2.45. The van der Waals surface area contributed by atoms with Gasteiger partial charge in [-0.25, -0.2) is 4.79 Å². The molecule has 6 heteroatoms. The summed E-state index contributed by atoms with van der Waals surface area (Å²) in [4.78, 5) is 26.1. The molecule has 0 saturated carbocycles. The zero-order valence-electron chi connectivity index (χ0n) is 11.8. The summed E-state index contributed by atoms with van der Waals surface area (Å²) in [5.74, 6) is -0.858. The first-order chi connectivity index (χ1) is 10.0. The minimum absolute atomic E-state index is 0.00878. The van der Waals surface area contributed by atoms with Crippen LogP contribution >= 0.6 is 23.4 Å². The number of piperidine rings is 1. The Morgan fingerprint density at radius 2 is 2.14 bits per heavy atom. The maximum absolute atomic E-state index is 12.3. The van der Waals surface area contributed by atoms with Crippen LogP contribution in [0.1, 0.15) is 19.8 Å². The molecule has 0 aliphatic carbocycles. The summed E-state index contributed by atoms with van der Waals surface area (Å²) < 4.78 is 0. The highest BCUT2D eigenvalue weighted by molar-refractivity contribution is 8.00. The maximum atomic E-state index is 12.3. The zero-order chi connectivity index (χ0) is 15.4. The van der Waals surface area contributed by atoms with Gasteiger partial charge in [0, 0.05) is 11.4 Å². The minimum atomic E-state index is -0.918.